The van der Waals surface area contributed by atoms with E-state index in [4.69, 9.17) is 0 Å². The van der Waals surface area contributed by atoms with Crippen LogP contribution in [0, 0.1) is 0 Å². The molecule has 0 aliphatic heterocycles. The van der Waals surface area contributed by atoms with Crippen molar-refractivity contribution in [2.24, 2.45) is 0 Å². The van der Waals surface area contributed by atoms with E-state index in [2.05, 4.69) is 19.9 Å². The molecule has 1 nitrogen and oxygen atoms in total. The average molecular weight is 166 g/mol. The maximum Gasteiger partial charge on any atom is 0.145 e. The molecule has 0 unspecified atom stereocenters. The predicted molar refractivity (Wildman–Crippen MR) is 53.1 cm³/mol. The summed E-state index contributed by atoms with van der Waals surface area (Å²) in [6, 6.07) is 0. The minimum Gasteiger partial charge on any atom is -0.298 e. The van der Waals surface area contributed by atoms with E-state index in [1.54, 1.807) is 0 Å². The molecule has 0 fully saturated rings. The third kappa shape index (κ3) is 4.89. The lowest BCUT2D eigenvalue weighted by Gasteiger charge is -1.99. The summed E-state index contributed by atoms with van der Waals surface area (Å²) in [6.45, 7) is 8.06. The second-order valence-corrected chi connectivity index (χ2v) is 3.40. The van der Waals surface area contributed by atoms with E-state index in [1.807, 2.05) is 13.8 Å². The Morgan fingerprint density at radius 2 is 1.75 bits per heavy atom. The summed E-state index contributed by atoms with van der Waals surface area (Å²) in [4.78, 5) is 10.4. The largest absolute Gasteiger partial charge is 0.298 e. The minimum atomic E-state index is 0.872. The van der Waals surface area contributed by atoms with Crippen LogP contribution < -0.4 is 0 Å². The van der Waals surface area contributed by atoms with Gasteiger partial charge < -0.3 is 0 Å². The number of carbonyl (C=O) groups excluding carboxylic acids is 1. The highest BCUT2D eigenvalue weighted by Crippen LogP contribution is 2.09. The van der Waals surface area contributed by atoms with Gasteiger partial charge in [-0.05, 0) is 46.1 Å². The Balaban J connectivity index is 3.95. The maximum absolute atomic E-state index is 10.4. The molecule has 0 bridgehead atoms. The Morgan fingerprint density at radius 1 is 1.17 bits per heavy atom. The number of rotatable bonds is 4. The first-order chi connectivity index (χ1) is 5.57. The summed E-state index contributed by atoms with van der Waals surface area (Å²) < 4.78 is 0. The van der Waals surface area contributed by atoms with E-state index < -0.39 is 0 Å². The first-order valence-corrected chi connectivity index (χ1v) is 4.32. The fraction of sp³-hybridized carbons (Fsp3) is 0.545. The van der Waals surface area contributed by atoms with Gasteiger partial charge in [0.1, 0.15) is 6.29 Å². The van der Waals surface area contributed by atoms with Crippen LogP contribution in [0.2, 0.25) is 0 Å². The molecule has 0 aromatic rings. The van der Waals surface area contributed by atoms with E-state index >= 15 is 0 Å². The SMILES string of the molecule is CC(C)=CCC/C(C)=C(\C)C=O. The molecule has 0 atom stereocenters. The highest BCUT2D eigenvalue weighted by molar-refractivity contribution is 5.73. The molecular formula is C11H18O. The van der Waals surface area contributed by atoms with Gasteiger partial charge in [0, 0.05) is 0 Å². The quantitative estimate of drug-likeness (QED) is 0.356. The Hall–Kier alpha value is -0.850. The molecule has 0 spiro atoms. The van der Waals surface area contributed by atoms with Crippen LogP contribution in [0.25, 0.3) is 0 Å². The molecule has 0 aromatic carbocycles. The van der Waals surface area contributed by atoms with Gasteiger partial charge in [-0.1, -0.05) is 17.2 Å². The molecule has 0 aliphatic rings. The molecule has 0 heterocycles. The van der Waals surface area contributed by atoms with E-state index in [9.17, 15) is 4.79 Å². The first kappa shape index (κ1) is 11.2. The lowest BCUT2D eigenvalue weighted by molar-refractivity contribution is -0.104. The molecule has 1 heteroatoms. The van der Waals surface area contributed by atoms with E-state index in [1.165, 1.54) is 11.1 Å². The van der Waals surface area contributed by atoms with Crippen molar-refractivity contribution in [3.8, 4) is 0 Å². The summed E-state index contributed by atoms with van der Waals surface area (Å²) in [7, 11) is 0. The van der Waals surface area contributed by atoms with Crippen LogP contribution in [0.1, 0.15) is 40.5 Å². The molecule has 0 radical (unpaired) electrons. The van der Waals surface area contributed by atoms with Crippen molar-refractivity contribution in [2.75, 3.05) is 0 Å². The minimum absolute atomic E-state index is 0.872. The van der Waals surface area contributed by atoms with Crippen molar-refractivity contribution in [3.63, 3.8) is 0 Å². The zero-order chi connectivity index (χ0) is 9.56. The molecule has 0 saturated carbocycles. The normalized spacial score (nSPS) is 12.0. The van der Waals surface area contributed by atoms with E-state index in [-0.39, 0.29) is 0 Å². The smallest absolute Gasteiger partial charge is 0.145 e. The van der Waals surface area contributed by atoms with E-state index in [0.29, 0.717) is 0 Å². The summed E-state index contributed by atoms with van der Waals surface area (Å²) >= 11 is 0. The number of allylic oxidation sites excluding steroid dienone is 4. The van der Waals surface area contributed by atoms with Crippen LogP contribution in [-0.2, 0) is 4.79 Å². The zero-order valence-corrected chi connectivity index (χ0v) is 8.48. The molecule has 68 valence electrons. The molecule has 12 heavy (non-hydrogen) atoms. The van der Waals surface area contributed by atoms with Crippen molar-refractivity contribution < 1.29 is 4.79 Å². The van der Waals surface area contributed by atoms with Gasteiger partial charge in [-0.25, -0.2) is 0 Å². The van der Waals surface area contributed by atoms with Gasteiger partial charge in [-0.3, -0.25) is 4.79 Å². The summed E-state index contributed by atoms with van der Waals surface area (Å²) in [5.74, 6) is 0. The standard InChI is InChI=1S/C11H18O/c1-9(2)6-5-7-10(3)11(4)8-12/h6,8H,5,7H2,1-4H3/b11-10+. The van der Waals surface area contributed by atoms with Crippen LogP contribution in [-0.4, -0.2) is 6.29 Å². The topological polar surface area (TPSA) is 17.1 Å². The molecule has 0 rings (SSSR count). The predicted octanol–water partition coefficient (Wildman–Crippen LogP) is 3.27. The highest BCUT2D eigenvalue weighted by atomic mass is 16.1. The number of aldehydes is 1. The van der Waals surface area contributed by atoms with Crippen LogP contribution >= 0.6 is 0 Å². The van der Waals surface area contributed by atoms with Gasteiger partial charge >= 0.3 is 0 Å². The third-order valence-electron chi connectivity index (χ3n) is 1.92. The molecular weight excluding hydrogens is 148 g/mol. The molecule has 0 aliphatic carbocycles. The van der Waals surface area contributed by atoms with Crippen molar-refractivity contribution in [3.05, 3.63) is 22.8 Å². The molecule has 0 amide bonds. The Bertz CT molecular complexity index is 205. The highest BCUT2D eigenvalue weighted by Gasteiger charge is 1.93. The lowest BCUT2D eigenvalue weighted by Crippen LogP contribution is -1.85. The van der Waals surface area contributed by atoms with Crippen LogP contribution in [0.3, 0.4) is 0 Å². The van der Waals surface area contributed by atoms with Crippen molar-refractivity contribution in [1.82, 2.24) is 0 Å². The van der Waals surface area contributed by atoms with Gasteiger partial charge in [-0.15, -0.1) is 0 Å². The fourth-order valence-corrected chi connectivity index (χ4v) is 0.875. The van der Waals surface area contributed by atoms with Crippen molar-refractivity contribution >= 4 is 6.29 Å². The number of hydrogen-bond donors (Lipinski definition) is 0. The van der Waals surface area contributed by atoms with Gasteiger partial charge in [-0.2, -0.15) is 0 Å². The Labute approximate surface area is 75.2 Å². The number of carbonyl (C=O) groups is 1. The second kappa shape index (κ2) is 5.76. The second-order valence-electron chi connectivity index (χ2n) is 3.40. The van der Waals surface area contributed by atoms with Crippen LogP contribution in [0.5, 0.6) is 0 Å². The van der Waals surface area contributed by atoms with Crippen molar-refractivity contribution in [2.45, 2.75) is 40.5 Å². The summed E-state index contributed by atoms with van der Waals surface area (Å²) in [5, 5.41) is 0. The summed E-state index contributed by atoms with van der Waals surface area (Å²) in [6.07, 6.45) is 5.16. The Morgan fingerprint density at radius 3 is 2.17 bits per heavy atom. The van der Waals surface area contributed by atoms with Gasteiger partial charge in [0.2, 0.25) is 0 Å². The number of hydrogen-bond acceptors (Lipinski definition) is 1. The first-order valence-electron chi connectivity index (χ1n) is 4.32. The fourth-order valence-electron chi connectivity index (χ4n) is 0.875. The third-order valence-corrected chi connectivity index (χ3v) is 1.92. The maximum atomic E-state index is 10.4. The zero-order valence-electron chi connectivity index (χ0n) is 8.48. The van der Waals surface area contributed by atoms with E-state index in [0.717, 1.165) is 24.7 Å². The molecule has 0 saturated heterocycles. The Kier molecular flexibility index (Phi) is 5.35. The van der Waals surface area contributed by atoms with Crippen LogP contribution in [0.15, 0.2) is 22.8 Å². The average Bonchev–Trinajstić information content (AvgIpc) is 2.02. The van der Waals surface area contributed by atoms with Gasteiger partial charge in [0.15, 0.2) is 0 Å². The molecule has 0 aromatic heterocycles. The molecule has 0 N–H and O–H groups in total. The summed E-state index contributed by atoms with van der Waals surface area (Å²) in [5.41, 5.74) is 3.41. The lowest BCUT2D eigenvalue weighted by atomic mass is 10.1. The van der Waals surface area contributed by atoms with Gasteiger partial charge in [0.25, 0.3) is 0 Å². The van der Waals surface area contributed by atoms with Crippen molar-refractivity contribution in [1.29, 1.82) is 0 Å². The monoisotopic (exact) mass is 166 g/mol. The van der Waals surface area contributed by atoms with Crippen LogP contribution in [0.4, 0.5) is 0 Å². The van der Waals surface area contributed by atoms with Gasteiger partial charge in [0.05, 0.1) is 0 Å².